The number of aromatic nitrogens is 2. The third-order valence-corrected chi connectivity index (χ3v) is 2.68. The number of aryl methyl sites for hydroxylation is 1. The van der Waals surface area contributed by atoms with E-state index in [0.29, 0.717) is 23.5 Å². The molecule has 0 saturated heterocycles. The van der Waals surface area contributed by atoms with Crippen LogP contribution in [-0.2, 0) is 6.42 Å². The number of hydrogen-bond acceptors (Lipinski definition) is 3. The Morgan fingerprint density at radius 2 is 2.18 bits per heavy atom. The highest BCUT2D eigenvalue weighted by molar-refractivity contribution is 6.32. The summed E-state index contributed by atoms with van der Waals surface area (Å²) in [5.41, 5.74) is 1.18. The first-order valence-electron chi connectivity index (χ1n) is 5.19. The first kappa shape index (κ1) is 11.7. The van der Waals surface area contributed by atoms with Crippen molar-refractivity contribution in [3.8, 4) is 17.1 Å². The van der Waals surface area contributed by atoms with Crippen LogP contribution in [0.1, 0.15) is 12.6 Å². The van der Waals surface area contributed by atoms with E-state index < -0.39 is 0 Å². The lowest BCUT2D eigenvalue weighted by Gasteiger charge is -2.04. The number of nitrogens with zero attached hydrogens (tertiary/aromatic N) is 1. The summed E-state index contributed by atoms with van der Waals surface area (Å²) in [6.45, 7) is 1.93. The summed E-state index contributed by atoms with van der Waals surface area (Å²) in [6, 6.07) is 6.15. The van der Waals surface area contributed by atoms with E-state index >= 15 is 0 Å². The average molecular weight is 251 g/mol. The van der Waals surface area contributed by atoms with E-state index in [-0.39, 0.29) is 16.3 Å². The van der Waals surface area contributed by atoms with Crippen molar-refractivity contribution in [3.05, 3.63) is 45.3 Å². The molecule has 0 unspecified atom stereocenters. The molecule has 0 aliphatic carbocycles. The molecule has 0 atom stereocenters. The van der Waals surface area contributed by atoms with Crippen LogP contribution in [0.5, 0.6) is 5.75 Å². The molecule has 0 radical (unpaired) electrons. The van der Waals surface area contributed by atoms with Gasteiger partial charge in [0, 0.05) is 17.3 Å². The number of rotatable bonds is 2. The minimum Gasteiger partial charge on any atom is -0.506 e. The molecule has 0 aliphatic heterocycles. The summed E-state index contributed by atoms with van der Waals surface area (Å²) in [6.07, 6.45) is 0.683. The van der Waals surface area contributed by atoms with Crippen molar-refractivity contribution in [1.29, 1.82) is 0 Å². The van der Waals surface area contributed by atoms with Crippen LogP contribution in [0.15, 0.2) is 29.1 Å². The van der Waals surface area contributed by atoms with Gasteiger partial charge in [0.25, 0.3) is 5.56 Å². The maximum Gasteiger partial charge on any atom is 0.251 e. The summed E-state index contributed by atoms with van der Waals surface area (Å²) in [5.74, 6) is 0.459. The molecule has 1 aromatic carbocycles. The first-order valence-corrected chi connectivity index (χ1v) is 5.57. The highest BCUT2D eigenvalue weighted by Crippen LogP contribution is 2.27. The predicted octanol–water partition coefficient (Wildman–Crippen LogP) is 2.36. The van der Waals surface area contributed by atoms with Crippen molar-refractivity contribution >= 4 is 11.6 Å². The summed E-state index contributed by atoms with van der Waals surface area (Å²) >= 11 is 5.81. The van der Waals surface area contributed by atoms with Crippen LogP contribution in [-0.4, -0.2) is 15.1 Å². The molecule has 0 amide bonds. The summed E-state index contributed by atoms with van der Waals surface area (Å²) in [5, 5.41) is 9.55. The number of H-pyrrole nitrogens is 1. The molecular weight excluding hydrogens is 240 g/mol. The van der Waals surface area contributed by atoms with Crippen molar-refractivity contribution in [2.45, 2.75) is 13.3 Å². The van der Waals surface area contributed by atoms with Gasteiger partial charge in [-0.15, -0.1) is 0 Å². The summed E-state index contributed by atoms with van der Waals surface area (Å²) in [4.78, 5) is 18.4. The van der Waals surface area contributed by atoms with Crippen LogP contribution in [0, 0.1) is 0 Å². The summed E-state index contributed by atoms with van der Waals surface area (Å²) < 4.78 is 0. The van der Waals surface area contributed by atoms with Gasteiger partial charge in [-0.2, -0.15) is 0 Å². The second-order valence-corrected chi connectivity index (χ2v) is 4.01. The van der Waals surface area contributed by atoms with E-state index in [2.05, 4.69) is 9.97 Å². The Bertz CT molecular complexity index is 608. The molecular formula is C12H11ClN2O2. The summed E-state index contributed by atoms with van der Waals surface area (Å²) in [7, 11) is 0. The molecule has 0 bridgehead atoms. The van der Waals surface area contributed by atoms with E-state index in [1.165, 1.54) is 12.1 Å². The molecule has 2 aromatic rings. The molecule has 0 saturated carbocycles. The van der Waals surface area contributed by atoms with E-state index in [4.69, 9.17) is 11.6 Å². The number of halogens is 1. The van der Waals surface area contributed by atoms with Gasteiger partial charge < -0.3 is 10.1 Å². The topological polar surface area (TPSA) is 66.0 Å². The Morgan fingerprint density at radius 3 is 2.82 bits per heavy atom. The normalized spacial score (nSPS) is 10.5. The minimum atomic E-state index is -0.198. The number of phenolic OH excluding ortho intramolecular Hbond substituents is 1. The van der Waals surface area contributed by atoms with Crippen LogP contribution in [0.2, 0.25) is 5.02 Å². The standard InChI is InChI=1S/C12H11ClN2O2/c1-2-8-6-11(17)15-12(14-8)7-3-4-10(16)9(13)5-7/h3-6,16H,2H2,1H3,(H,14,15,17). The van der Waals surface area contributed by atoms with Crippen LogP contribution < -0.4 is 5.56 Å². The van der Waals surface area contributed by atoms with E-state index in [0.717, 1.165) is 0 Å². The fraction of sp³-hybridized carbons (Fsp3) is 0.167. The monoisotopic (exact) mass is 250 g/mol. The van der Waals surface area contributed by atoms with E-state index in [1.807, 2.05) is 6.92 Å². The van der Waals surface area contributed by atoms with Crippen molar-refractivity contribution < 1.29 is 5.11 Å². The van der Waals surface area contributed by atoms with Gasteiger partial charge in [0.2, 0.25) is 0 Å². The Balaban J connectivity index is 2.55. The Morgan fingerprint density at radius 1 is 1.41 bits per heavy atom. The third kappa shape index (κ3) is 2.47. The van der Waals surface area contributed by atoms with Gasteiger partial charge in [-0.05, 0) is 24.6 Å². The predicted molar refractivity (Wildman–Crippen MR) is 66.3 cm³/mol. The molecule has 1 aromatic heterocycles. The molecule has 0 fully saturated rings. The number of aromatic amines is 1. The number of nitrogens with one attached hydrogen (secondary N) is 1. The lowest BCUT2D eigenvalue weighted by atomic mass is 10.2. The second-order valence-electron chi connectivity index (χ2n) is 3.61. The van der Waals surface area contributed by atoms with Crippen molar-refractivity contribution in [2.75, 3.05) is 0 Å². The number of phenols is 1. The number of hydrogen-bond donors (Lipinski definition) is 2. The maximum absolute atomic E-state index is 11.4. The van der Waals surface area contributed by atoms with Gasteiger partial charge in [0.05, 0.1) is 5.02 Å². The van der Waals surface area contributed by atoms with Crippen LogP contribution in [0.4, 0.5) is 0 Å². The maximum atomic E-state index is 11.4. The lowest BCUT2D eigenvalue weighted by Crippen LogP contribution is -2.09. The van der Waals surface area contributed by atoms with E-state index in [9.17, 15) is 9.90 Å². The van der Waals surface area contributed by atoms with Crippen molar-refractivity contribution in [1.82, 2.24) is 9.97 Å². The van der Waals surface area contributed by atoms with Gasteiger partial charge in [-0.25, -0.2) is 4.98 Å². The smallest absolute Gasteiger partial charge is 0.251 e. The van der Waals surface area contributed by atoms with Gasteiger partial charge in [0.15, 0.2) is 0 Å². The highest BCUT2D eigenvalue weighted by Gasteiger charge is 2.06. The zero-order valence-electron chi connectivity index (χ0n) is 9.20. The SMILES string of the molecule is CCc1cc(=O)[nH]c(-c2ccc(O)c(Cl)c2)n1. The third-order valence-electron chi connectivity index (χ3n) is 2.38. The Labute approximate surface area is 103 Å². The van der Waals surface area contributed by atoms with Gasteiger partial charge >= 0.3 is 0 Å². The second kappa shape index (κ2) is 4.59. The Kier molecular flexibility index (Phi) is 3.15. The largest absolute Gasteiger partial charge is 0.506 e. The van der Waals surface area contributed by atoms with Crippen LogP contribution in [0.3, 0.4) is 0 Å². The fourth-order valence-electron chi connectivity index (χ4n) is 1.48. The Hall–Kier alpha value is -1.81. The van der Waals surface area contributed by atoms with E-state index in [1.54, 1.807) is 12.1 Å². The molecule has 17 heavy (non-hydrogen) atoms. The average Bonchev–Trinajstić information content (AvgIpc) is 2.32. The molecule has 0 aliphatic rings. The molecule has 0 spiro atoms. The van der Waals surface area contributed by atoms with Crippen molar-refractivity contribution in [2.24, 2.45) is 0 Å². The highest BCUT2D eigenvalue weighted by atomic mass is 35.5. The lowest BCUT2D eigenvalue weighted by molar-refractivity contribution is 0.475. The molecule has 2 N–H and O–H groups in total. The van der Waals surface area contributed by atoms with Crippen LogP contribution >= 0.6 is 11.6 Å². The number of aromatic hydroxyl groups is 1. The van der Waals surface area contributed by atoms with Crippen LogP contribution in [0.25, 0.3) is 11.4 Å². The van der Waals surface area contributed by atoms with Gasteiger partial charge in [-0.1, -0.05) is 18.5 Å². The molecule has 4 nitrogen and oxygen atoms in total. The first-order chi connectivity index (χ1) is 8.10. The van der Waals surface area contributed by atoms with Gasteiger partial charge in [0.1, 0.15) is 11.6 Å². The zero-order chi connectivity index (χ0) is 12.4. The van der Waals surface area contributed by atoms with Gasteiger partial charge in [-0.3, -0.25) is 4.79 Å². The quantitative estimate of drug-likeness (QED) is 0.860. The fourth-order valence-corrected chi connectivity index (χ4v) is 1.66. The molecule has 88 valence electrons. The number of benzene rings is 1. The molecule has 5 heteroatoms. The van der Waals surface area contributed by atoms with Crippen molar-refractivity contribution in [3.63, 3.8) is 0 Å². The zero-order valence-corrected chi connectivity index (χ0v) is 9.95. The minimum absolute atomic E-state index is 0.00408. The molecule has 2 rings (SSSR count). The molecule has 1 heterocycles.